The molecule has 1 heterocycles. The molecule has 4 aromatic rings. The van der Waals surface area contributed by atoms with E-state index in [4.69, 9.17) is 9.84 Å². The van der Waals surface area contributed by atoms with E-state index >= 15 is 0 Å². The van der Waals surface area contributed by atoms with Crippen molar-refractivity contribution in [2.24, 2.45) is 0 Å². The number of hydrogen-bond donors (Lipinski definition) is 2. The summed E-state index contributed by atoms with van der Waals surface area (Å²) in [5, 5.41) is 12.4. The Hall–Kier alpha value is -3.60. The molecule has 0 bridgehead atoms. The third-order valence-electron chi connectivity index (χ3n) is 5.93. The Morgan fingerprint density at radius 1 is 1.03 bits per heavy atom. The summed E-state index contributed by atoms with van der Waals surface area (Å²) in [6.45, 7) is 4.12. The zero-order valence-corrected chi connectivity index (χ0v) is 21.7. The molecule has 184 valence electrons. The molecule has 1 atom stereocenters. The number of rotatable bonds is 9. The molecule has 1 aromatic heterocycles. The minimum atomic E-state index is -2.48. The summed E-state index contributed by atoms with van der Waals surface area (Å²) in [4.78, 5) is 11.1. The summed E-state index contributed by atoms with van der Waals surface area (Å²) in [6, 6.07) is 19.4. The van der Waals surface area contributed by atoms with E-state index in [9.17, 15) is 13.2 Å². The summed E-state index contributed by atoms with van der Waals surface area (Å²) in [5.41, 5.74) is 5.86. The Bertz CT molecular complexity index is 1530. The molecule has 1 N–H and O–H groups in total. The normalized spacial score (nSPS) is 11.8. The molecule has 0 spiro atoms. The van der Waals surface area contributed by atoms with Crippen LogP contribution in [0.15, 0.2) is 66.0 Å². The first kappa shape index (κ1) is 25.5. The lowest BCUT2D eigenvalue weighted by molar-refractivity contribution is -0.137. The number of thiophene rings is 1. The molecule has 1 unspecified atom stereocenters. The topological polar surface area (TPSA) is 80.7 Å². The van der Waals surface area contributed by atoms with Gasteiger partial charge >= 0.3 is 5.97 Å². The number of aliphatic carboxylic acids is 1. The van der Waals surface area contributed by atoms with Gasteiger partial charge in [-0.1, -0.05) is 36.3 Å². The van der Waals surface area contributed by atoms with E-state index in [1.54, 1.807) is 18.3 Å². The van der Waals surface area contributed by atoms with Gasteiger partial charge < -0.3 is 9.84 Å². The molecular formula is C29H26O5S2. The van der Waals surface area contributed by atoms with Crippen molar-refractivity contribution in [3.8, 4) is 28.7 Å². The third-order valence-corrected chi connectivity index (χ3v) is 7.51. The fourth-order valence-electron chi connectivity index (χ4n) is 4.15. The summed E-state index contributed by atoms with van der Waals surface area (Å²) >= 11 is 1.66. The van der Waals surface area contributed by atoms with Gasteiger partial charge in [-0.15, -0.1) is 17.3 Å². The number of carbonyl (C=O) groups is 1. The van der Waals surface area contributed by atoms with Crippen LogP contribution in [0.1, 0.15) is 41.5 Å². The number of carboxylic acid groups (broad SMARTS) is 1. The fourth-order valence-corrected chi connectivity index (χ4v) is 5.58. The average molecular weight is 519 g/mol. The minimum absolute atomic E-state index is 0.0324. The van der Waals surface area contributed by atoms with Crippen LogP contribution in [-0.4, -0.2) is 19.5 Å². The van der Waals surface area contributed by atoms with Gasteiger partial charge in [-0.25, -0.2) is 8.42 Å². The zero-order chi connectivity index (χ0) is 25.7. The number of thiol groups is 1. The van der Waals surface area contributed by atoms with Crippen molar-refractivity contribution in [3.63, 3.8) is 0 Å². The molecule has 0 radical (unpaired) electrons. The summed E-state index contributed by atoms with van der Waals surface area (Å²) in [5.74, 6) is 5.26. The third kappa shape index (κ3) is 6.14. The molecule has 4 rings (SSSR count). The van der Waals surface area contributed by atoms with Crippen LogP contribution in [0.5, 0.6) is 5.75 Å². The lowest BCUT2D eigenvalue weighted by atomic mass is 9.96. The SMILES string of the molecule is CC#CC(CC(=O)O)c1ccc(OCc2ccc3scc(-c4cc(C[SH](=O)=O)ccc4C)c3c2)cc1. The van der Waals surface area contributed by atoms with Crippen molar-refractivity contribution in [1.82, 2.24) is 0 Å². The van der Waals surface area contributed by atoms with Crippen molar-refractivity contribution < 1.29 is 23.1 Å². The molecule has 0 saturated carbocycles. The highest BCUT2D eigenvalue weighted by Crippen LogP contribution is 2.37. The summed E-state index contributed by atoms with van der Waals surface area (Å²) < 4.78 is 29.6. The molecule has 0 aliphatic rings. The van der Waals surface area contributed by atoms with Crippen molar-refractivity contribution in [1.29, 1.82) is 0 Å². The van der Waals surface area contributed by atoms with Gasteiger partial charge in [0.05, 0.1) is 18.1 Å². The zero-order valence-electron chi connectivity index (χ0n) is 20.0. The van der Waals surface area contributed by atoms with E-state index < -0.39 is 16.7 Å². The van der Waals surface area contributed by atoms with Gasteiger partial charge in [-0.3, -0.25) is 4.79 Å². The van der Waals surface area contributed by atoms with Crippen LogP contribution >= 0.6 is 11.3 Å². The Labute approximate surface area is 216 Å². The molecule has 0 aliphatic heterocycles. The first-order chi connectivity index (χ1) is 17.3. The van der Waals surface area contributed by atoms with Crippen molar-refractivity contribution >= 4 is 38.1 Å². The van der Waals surface area contributed by atoms with Crippen LogP contribution in [0.4, 0.5) is 0 Å². The van der Waals surface area contributed by atoms with Gasteiger partial charge in [0.25, 0.3) is 0 Å². The molecule has 3 aromatic carbocycles. The minimum Gasteiger partial charge on any atom is -0.489 e. The second kappa shape index (κ2) is 11.4. The Morgan fingerprint density at radius 3 is 2.47 bits per heavy atom. The van der Waals surface area contributed by atoms with Crippen LogP contribution in [0.2, 0.25) is 0 Å². The van der Waals surface area contributed by atoms with Gasteiger partial charge in [0.1, 0.15) is 23.1 Å². The first-order valence-corrected chi connectivity index (χ1v) is 13.7. The summed E-state index contributed by atoms with van der Waals surface area (Å²) in [7, 11) is -2.48. The number of ether oxygens (including phenoxy) is 1. The lowest BCUT2D eigenvalue weighted by Crippen LogP contribution is -2.04. The quantitative estimate of drug-likeness (QED) is 0.205. The first-order valence-electron chi connectivity index (χ1n) is 11.4. The van der Waals surface area contributed by atoms with Crippen molar-refractivity contribution in [2.75, 3.05) is 0 Å². The predicted octanol–water partition coefficient (Wildman–Crippen LogP) is 6.15. The van der Waals surface area contributed by atoms with Crippen LogP contribution in [0, 0.1) is 18.8 Å². The van der Waals surface area contributed by atoms with E-state index in [0.717, 1.165) is 43.5 Å². The number of fused-ring (bicyclic) bond motifs is 1. The number of hydrogen-bond acceptors (Lipinski definition) is 5. The molecule has 0 aliphatic carbocycles. The predicted molar refractivity (Wildman–Crippen MR) is 145 cm³/mol. The maximum absolute atomic E-state index is 11.2. The molecule has 0 saturated heterocycles. The van der Waals surface area contributed by atoms with E-state index in [1.165, 1.54) is 0 Å². The summed E-state index contributed by atoms with van der Waals surface area (Å²) in [6.07, 6.45) is -0.0400. The standard InChI is InChI=1S/C29H26O5S2/c1-3-4-23(15-29(30)31)22-8-10-24(11-9-22)34-16-20-7-12-28-26(13-20)27(17-35-28)25-14-21(18-36(32)33)6-5-19(25)2/h5-14,17,23,36H,15-16,18H2,1-2H3,(H,30,31). The van der Waals surface area contributed by atoms with E-state index in [-0.39, 0.29) is 18.1 Å². The Balaban J connectivity index is 1.54. The monoisotopic (exact) mass is 518 g/mol. The molecule has 0 amide bonds. The fraction of sp³-hybridized carbons (Fsp3) is 0.207. The van der Waals surface area contributed by atoms with Crippen LogP contribution in [0.25, 0.3) is 21.2 Å². The highest BCUT2D eigenvalue weighted by atomic mass is 32.2. The van der Waals surface area contributed by atoms with Gasteiger partial charge in [-0.2, -0.15) is 0 Å². The van der Waals surface area contributed by atoms with Crippen LogP contribution < -0.4 is 4.74 Å². The van der Waals surface area contributed by atoms with Gasteiger partial charge in [0.2, 0.25) is 0 Å². The molecular weight excluding hydrogens is 492 g/mol. The number of aryl methyl sites for hydroxylation is 1. The number of benzene rings is 3. The molecule has 36 heavy (non-hydrogen) atoms. The van der Waals surface area contributed by atoms with Crippen molar-refractivity contribution in [3.05, 3.63) is 88.3 Å². The highest BCUT2D eigenvalue weighted by Gasteiger charge is 2.14. The molecule has 5 nitrogen and oxygen atoms in total. The van der Waals surface area contributed by atoms with E-state index in [2.05, 4.69) is 29.4 Å². The van der Waals surface area contributed by atoms with Crippen LogP contribution in [0.3, 0.4) is 0 Å². The Kier molecular flexibility index (Phi) is 8.09. The van der Waals surface area contributed by atoms with Gasteiger partial charge in [0.15, 0.2) is 0 Å². The van der Waals surface area contributed by atoms with Crippen molar-refractivity contribution in [2.45, 2.75) is 38.5 Å². The largest absolute Gasteiger partial charge is 0.489 e. The maximum Gasteiger partial charge on any atom is 0.304 e. The van der Waals surface area contributed by atoms with Gasteiger partial charge in [0, 0.05) is 15.6 Å². The second-order valence-corrected chi connectivity index (χ2v) is 10.4. The van der Waals surface area contributed by atoms with E-state index in [0.29, 0.717) is 12.4 Å². The number of carboxylic acids is 1. The highest BCUT2D eigenvalue weighted by molar-refractivity contribution is 7.71. The maximum atomic E-state index is 11.2. The van der Waals surface area contributed by atoms with Gasteiger partial charge in [-0.05, 0) is 77.4 Å². The second-order valence-electron chi connectivity index (χ2n) is 8.52. The molecule has 0 fully saturated rings. The average Bonchev–Trinajstić information content (AvgIpc) is 3.26. The lowest BCUT2D eigenvalue weighted by Gasteiger charge is -2.11. The Morgan fingerprint density at radius 2 is 1.78 bits per heavy atom. The van der Waals surface area contributed by atoms with Crippen LogP contribution in [-0.2, 0) is 27.9 Å². The van der Waals surface area contributed by atoms with E-state index in [1.807, 2.05) is 55.5 Å². The molecule has 7 heteroatoms. The smallest absolute Gasteiger partial charge is 0.304 e.